The fraction of sp³-hybridized carbons (Fsp3) is 0.385. The lowest BCUT2D eigenvalue weighted by Gasteiger charge is -2.12. The van der Waals surface area contributed by atoms with Gasteiger partial charge < -0.3 is 20.5 Å². The van der Waals surface area contributed by atoms with Gasteiger partial charge in [0.1, 0.15) is 11.6 Å². The van der Waals surface area contributed by atoms with Crippen molar-refractivity contribution in [3.63, 3.8) is 0 Å². The number of aliphatic hydroxyl groups is 1. The molecule has 0 saturated carbocycles. The Balaban J connectivity index is 2.19. The third kappa shape index (κ3) is 3.34. The highest BCUT2D eigenvalue weighted by Crippen LogP contribution is 2.21. The molecule has 1 fully saturated rings. The van der Waals surface area contributed by atoms with Gasteiger partial charge >= 0.3 is 5.97 Å². The Labute approximate surface area is 119 Å². The average Bonchev–Trinajstić information content (AvgIpc) is 2.87. The number of rotatable bonds is 3. The van der Waals surface area contributed by atoms with Gasteiger partial charge in [0.25, 0.3) is 0 Å². The predicted octanol–water partition coefficient (Wildman–Crippen LogP) is 0.413. The van der Waals surface area contributed by atoms with E-state index in [0.717, 1.165) is 13.2 Å². The second-order valence-electron chi connectivity index (χ2n) is 4.64. The number of methoxy groups -OCH3 is 1. The number of carbonyl (C=O) groups excluding carboxylic acids is 2. The van der Waals surface area contributed by atoms with Gasteiger partial charge in [-0.1, -0.05) is 0 Å². The summed E-state index contributed by atoms with van der Waals surface area (Å²) in [5, 5.41) is 14.3. The van der Waals surface area contributed by atoms with E-state index in [-0.39, 0.29) is 18.7 Å². The van der Waals surface area contributed by atoms with E-state index in [0.29, 0.717) is 6.07 Å². The Morgan fingerprint density at radius 3 is 2.67 bits per heavy atom. The van der Waals surface area contributed by atoms with Gasteiger partial charge in [-0.15, -0.1) is 0 Å². The van der Waals surface area contributed by atoms with Gasteiger partial charge in [-0.25, -0.2) is 13.6 Å². The summed E-state index contributed by atoms with van der Waals surface area (Å²) >= 11 is 0. The Morgan fingerprint density at radius 2 is 2.10 bits per heavy atom. The monoisotopic (exact) mass is 300 g/mol. The number of anilines is 1. The SMILES string of the molecule is COC(=O)c1cc(NC(=O)C2CC(O)CN2)c(F)cc1F. The third-order valence-corrected chi connectivity index (χ3v) is 3.14. The summed E-state index contributed by atoms with van der Waals surface area (Å²) in [6, 6.07) is 0.699. The molecular weight excluding hydrogens is 286 g/mol. The number of benzene rings is 1. The minimum absolute atomic E-state index is 0.193. The first-order chi connectivity index (χ1) is 9.92. The van der Waals surface area contributed by atoms with Crippen molar-refractivity contribution < 1.29 is 28.2 Å². The van der Waals surface area contributed by atoms with Crippen LogP contribution in [0, 0.1) is 11.6 Å². The topological polar surface area (TPSA) is 87.7 Å². The number of nitrogens with one attached hydrogen (secondary N) is 2. The number of halogens is 2. The fourth-order valence-electron chi connectivity index (χ4n) is 2.05. The number of esters is 1. The molecule has 0 spiro atoms. The Morgan fingerprint density at radius 1 is 1.38 bits per heavy atom. The summed E-state index contributed by atoms with van der Waals surface area (Å²) in [4.78, 5) is 23.2. The van der Waals surface area contributed by atoms with Gasteiger partial charge in [-0.3, -0.25) is 4.79 Å². The van der Waals surface area contributed by atoms with E-state index < -0.39 is 41.2 Å². The molecule has 1 amide bonds. The Bertz CT molecular complexity index is 580. The molecule has 1 aliphatic heterocycles. The van der Waals surface area contributed by atoms with Crippen molar-refractivity contribution in [3.8, 4) is 0 Å². The van der Waals surface area contributed by atoms with E-state index in [4.69, 9.17) is 0 Å². The van der Waals surface area contributed by atoms with Crippen LogP contribution in [0.4, 0.5) is 14.5 Å². The molecule has 2 rings (SSSR count). The van der Waals surface area contributed by atoms with Crippen LogP contribution in [0.2, 0.25) is 0 Å². The number of amides is 1. The zero-order chi connectivity index (χ0) is 15.6. The number of carbonyl (C=O) groups is 2. The molecule has 3 N–H and O–H groups in total. The molecule has 21 heavy (non-hydrogen) atoms. The molecule has 1 aliphatic rings. The third-order valence-electron chi connectivity index (χ3n) is 3.14. The van der Waals surface area contributed by atoms with Crippen molar-refractivity contribution >= 4 is 17.6 Å². The molecule has 1 heterocycles. The van der Waals surface area contributed by atoms with Gasteiger partial charge in [0.2, 0.25) is 5.91 Å². The molecule has 114 valence electrons. The average molecular weight is 300 g/mol. The second kappa shape index (κ2) is 6.15. The molecule has 1 aromatic rings. The largest absolute Gasteiger partial charge is 0.465 e. The molecule has 8 heteroatoms. The molecule has 6 nitrogen and oxygen atoms in total. The predicted molar refractivity (Wildman–Crippen MR) is 68.7 cm³/mol. The van der Waals surface area contributed by atoms with E-state index in [2.05, 4.69) is 15.4 Å². The summed E-state index contributed by atoms with van der Waals surface area (Å²) < 4.78 is 31.5. The van der Waals surface area contributed by atoms with Crippen LogP contribution in [0.3, 0.4) is 0 Å². The summed E-state index contributed by atoms with van der Waals surface area (Å²) in [5.41, 5.74) is -0.807. The first kappa shape index (κ1) is 15.3. The Hall–Kier alpha value is -2.06. The van der Waals surface area contributed by atoms with Crippen molar-refractivity contribution in [1.82, 2.24) is 5.32 Å². The van der Waals surface area contributed by atoms with E-state index in [1.165, 1.54) is 0 Å². The molecular formula is C13H14F2N2O4. The summed E-state index contributed by atoms with van der Waals surface area (Å²) in [6.45, 7) is 0.261. The smallest absolute Gasteiger partial charge is 0.340 e. The first-order valence-electron chi connectivity index (χ1n) is 6.22. The highest BCUT2D eigenvalue weighted by Gasteiger charge is 2.29. The van der Waals surface area contributed by atoms with Gasteiger partial charge in [-0.2, -0.15) is 0 Å². The van der Waals surface area contributed by atoms with Crippen molar-refractivity contribution in [2.45, 2.75) is 18.6 Å². The standard InChI is InChI=1S/C13H14F2N2O4/c1-21-13(20)7-3-10(9(15)4-8(7)14)17-12(19)11-2-6(18)5-16-11/h3-4,6,11,16,18H,2,5H2,1H3,(H,17,19). The maximum atomic E-state index is 13.6. The zero-order valence-corrected chi connectivity index (χ0v) is 11.2. The maximum Gasteiger partial charge on any atom is 0.340 e. The second-order valence-corrected chi connectivity index (χ2v) is 4.64. The van der Waals surface area contributed by atoms with E-state index >= 15 is 0 Å². The lowest BCUT2D eigenvalue weighted by molar-refractivity contribution is -0.118. The highest BCUT2D eigenvalue weighted by atomic mass is 19.1. The Kier molecular flexibility index (Phi) is 4.49. The quantitative estimate of drug-likeness (QED) is 0.704. The molecule has 0 aliphatic carbocycles. The lowest BCUT2D eigenvalue weighted by Crippen LogP contribution is -2.35. The first-order valence-corrected chi connectivity index (χ1v) is 6.22. The summed E-state index contributed by atoms with van der Waals surface area (Å²) in [5.74, 6) is -3.64. The number of β-amino-alcohol motifs (C(OH)–C–C–N with tert-alkyl or cyclic N) is 1. The van der Waals surface area contributed by atoms with Crippen LogP contribution in [-0.4, -0.2) is 42.8 Å². The molecule has 1 saturated heterocycles. The van der Waals surface area contributed by atoms with E-state index in [1.54, 1.807) is 0 Å². The van der Waals surface area contributed by atoms with Crippen molar-refractivity contribution in [2.75, 3.05) is 19.0 Å². The van der Waals surface area contributed by atoms with Crippen LogP contribution in [0.15, 0.2) is 12.1 Å². The maximum absolute atomic E-state index is 13.6. The van der Waals surface area contributed by atoms with Crippen molar-refractivity contribution in [1.29, 1.82) is 0 Å². The zero-order valence-electron chi connectivity index (χ0n) is 11.2. The normalized spacial score (nSPS) is 21.1. The van der Waals surface area contributed by atoms with Gasteiger partial charge in [0, 0.05) is 12.6 Å². The van der Waals surface area contributed by atoms with Gasteiger partial charge in [0.05, 0.1) is 30.5 Å². The molecule has 2 atom stereocenters. The summed E-state index contributed by atoms with van der Waals surface area (Å²) in [6.07, 6.45) is -0.456. The van der Waals surface area contributed by atoms with Crippen molar-refractivity contribution in [3.05, 3.63) is 29.3 Å². The molecule has 0 radical (unpaired) electrons. The van der Waals surface area contributed by atoms with Crippen LogP contribution in [-0.2, 0) is 9.53 Å². The highest BCUT2D eigenvalue weighted by molar-refractivity contribution is 5.97. The minimum atomic E-state index is -1.08. The van der Waals surface area contributed by atoms with E-state index in [1.807, 2.05) is 0 Å². The van der Waals surface area contributed by atoms with Crippen LogP contribution in [0.1, 0.15) is 16.8 Å². The van der Waals surface area contributed by atoms with Crippen LogP contribution >= 0.6 is 0 Å². The molecule has 0 aromatic heterocycles. The lowest BCUT2D eigenvalue weighted by atomic mass is 10.1. The van der Waals surface area contributed by atoms with E-state index in [9.17, 15) is 23.5 Å². The van der Waals surface area contributed by atoms with Crippen molar-refractivity contribution in [2.24, 2.45) is 0 Å². The van der Waals surface area contributed by atoms with Crippen LogP contribution in [0.5, 0.6) is 0 Å². The number of aliphatic hydroxyl groups excluding tert-OH is 1. The van der Waals surface area contributed by atoms with Crippen LogP contribution in [0.25, 0.3) is 0 Å². The number of hydrogen-bond donors (Lipinski definition) is 3. The number of hydrogen-bond acceptors (Lipinski definition) is 5. The van der Waals surface area contributed by atoms with Gasteiger partial charge in [-0.05, 0) is 12.5 Å². The fourth-order valence-corrected chi connectivity index (χ4v) is 2.05. The van der Waals surface area contributed by atoms with Gasteiger partial charge in [0.15, 0.2) is 0 Å². The molecule has 0 bridgehead atoms. The summed E-state index contributed by atoms with van der Waals surface area (Å²) in [7, 11) is 1.06. The molecule has 1 aromatic carbocycles. The number of ether oxygens (including phenoxy) is 1. The minimum Gasteiger partial charge on any atom is -0.465 e. The van der Waals surface area contributed by atoms with Crippen LogP contribution < -0.4 is 10.6 Å². The molecule has 2 unspecified atom stereocenters.